The van der Waals surface area contributed by atoms with Crippen LogP contribution in [-0.4, -0.2) is 26.7 Å². The molecule has 0 heterocycles. The highest BCUT2D eigenvalue weighted by Gasteiger charge is 2.18. The molecule has 1 rings (SSSR count). The molecule has 6 heteroatoms. The Morgan fingerprint density at radius 1 is 1.41 bits per heavy atom. The van der Waals surface area contributed by atoms with Crippen LogP contribution in [0.25, 0.3) is 0 Å². The first-order valence-corrected chi connectivity index (χ1v) is 6.80. The van der Waals surface area contributed by atoms with Gasteiger partial charge in [-0.25, -0.2) is 17.5 Å². The minimum absolute atomic E-state index is 0.00143. The predicted octanol–water partition coefficient (Wildman–Crippen LogP) is 1.12. The van der Waals surface area contributed by atoms with Crippen LogP contribution in [0.1, 0.15) is 13.3 Å². The van der Waals surface area contributed by atoms with Crippen LogP contribution >= 0.6 is 0 Å². The number of halogens is 1. The highest BCUT2D eigenvalue weighted by atomic mass is 32.2. The summed E-state index contributed by atoms with van der Waals surface area (Å²) in [5, 5.41) is 8.69. The normalized spacial score (nSPS) is 13.6. The Kier molecular flexibility index (Phi) is 5.04. The number of aliphatic hydroxyl groups excluding tert-OH is 1. The maximum absolute atomic E-state index is 13.3. The molecule has 2 N–H and O–H groups in total. The van der Waals surface area contributed by atoms with Gasteiger partial charge in [-0.05, 0) is 24.5 Å². The van der Waals surface area contributed by atoms with Gasteiger partial charge in [-0.3, -0.25) is 0 Å². The average molecular weight is 261 g/mol. The van der Waals surface area contributed by atoms with E-state index in [0.29, 0.717) is 6.42 Å². The SMILES string of the molecule is C[C@H](CCO)CNS(=O)(=O)c1ccccc1F. The van der Waals surface area contributed by atoms with Gasteiger partial charge in [0.1, 0.15) is 10.7 Å². The lowest BCUT2D eigenvalue weighted by Gasteiger charge is -2.11. The maximum Gasteiger partial charge on any atom is 0.243 e. The van der Waals surface area contributed by atoms with Gasteiger partial charge in [-0.15, -0.1) is 0 Å². The molecule has 0 aromatic heterocycles. The molecular weight excluding hydrogens is 245 g/mol. The Morgan fingerprint density at radius 3 is 2.65 bits per heavy atom. The molecule has 1 aromatic rings. The first-order valence-electron chi connectivity index (χ1n) is 5.32. The van der Waals surface area contributed by atoms with E-state index < -0.39 is 15.8 Å². The third kappa shape index (κ3) is 4.07. The zero-order valence-electron chi connectivity index (χ0n) is 9.56. The Labute approximate surface area is 101 Å². The molecule has 0 amide bonds. The van der Waals surface area contributed by atoms with Crippen molar-refractivity contribution in [2.75, 3.05) is 13.2 Å². The molecule has 0 fully saturated rings. The Balaban J connectivity index is 2.73. The number of aliphatic hydroxyl groups is 1. The lowest BCUT2D eigenvalue weighted by Crippen LogP contribution is -2.29. The smallest absolute Gasteiger partial charge is 0.243 e. The van der Waals surface area contributed by atoms with Crippen molar-refractivity contribution in [3.05, 3.63) is 30.1 Å². The third-order valence-corrected chi connectivity index (χ3v) is 3.83. The van der Waals surface area contributed by atoms with E-state index >= 15 is 0 Å². The van der Waals surface area contributed by atoms with Crippen LogP contribution in [0.5, 0.6) is 0 Å². The van der Waals surface area contributed by atoms with E-state index in [4.69, 9.17) is 5.11 Å². The van der Waals surface area contributed by atoms with Crippen LogP contribution in [0.2, 0.25) is 0 Å². The topological polar surface area (TPSA) is 66.4 Å². The molecule has 1 aromatic carbocycles. The molecule has 0 aliphatic heterocycles. The van der Waals surface area contributed by atoms with Crippen molar-refractivity contribution < 1.29 is 17.9 Å². The average Bonchev–Trinajstić information content (AvgIpc) is 2.27. The van der Waals surface area contributed by atoms with E-state index in [2.05, 4.69) is 4.72 Å². The first kappa shape index (κ1) is 14.1. The highest BCUT2D eigenvalue weighted by Crippen LogP contribution is 2.13. The van der Waals surface area contributed by atoms with Crippen molar-refractivity contribution in [3.63, 3.8) is 0 Å². The molecule has 0 aliphatic carbocycles. The van der Waals surface area contributed by atoms with Gasteiger partial charge in [0.05, 0.1) is 0 Å². The summed E-state index contributed by atoms with van der Waals surface area (Å²) in [5.41, 5.74) is 0. The van der Waals surface area contributed by atoms with Crippen LogP contribution in [-0.2, 0) is 10.0 Å². The highest BCUT2D eigenvalue weighted by molar-refractivity contribution is 7.89. The molecule has 0 aliphatic rings. The molecule has 17 heavy (non-hydrogen) atoms. The first-order chi connectivity index (χ1) is 7.97. The fraction of sp³-hybridized carbons (Fsp3) is 0.455. The van der Waals surface area contributed by atoms with Gasteiger partial charge < -0.3 is 5.11 Å². The fourth-order valence-electron chi connectivity index (χ4n) is 1.31. The van der Waals surface area contributed by atoms with Crippen LogP contribution in [0.4, 0.5) is 4.39 Å². The molecule has 0 saturated heterocycles. The zero-order valence-corrected chi connectivity index (χ0v) is 10.4. The summed E-state index contributed by atoms with van der Waals surface area (Å²) in [4.78, 5) is -0.351. The van der Waals surface area contributed by atoms with E-state index in [1.165, 1.54) is 18.2 Å². The molecule has 0 spiro atoms. The van der Waals surface area contributed by atoms with Crippen LogP contribution < -0.4 is 4.72 Å². The van der Waals surface area contributed by atoms with Gasteiger partial charge in [-0.2, -0.15) is 0 Å². The minimum Gasteiger partial charge on any atom is -0.396 e. The van der Waals surface area contributed by atoms with Gasteiger partial charge >= 0.3 is 0 Å². The maximum atomic E-state index is 13.3. The fourth-order valence-corrected chi connectivity index (χ4v) is 2.56. The van der Waals surface area contributed by atoms with Crippen molar-refractivity contribution in [2.45, 2.75) is 18.2 Å². The number of rotatable bonds is 6. The van der Waals surface area contributed by atoms with Crippen molar-refractivity contribution in [2.24, 2.45) is 5.92 Å². The molecule has 0 radical (unpaired) electrons. The van der Waals surface area contributed by atoms with Crippen LogP contribution in [0.3, 0.4) is 0 Å². The van der Waals surface area contributed by atoms with Crippen molar-refractivity contribution in [3.8, 4) is 0 Å². The molecule has 0 unspecified atom stereocenters. The number of hydrogen-bond donors (Lipinski definition) is 2. The lowest BCUT2D eigenvalue weighted by molar-refractivity contribution is 0.263. The van der Waals surface area contributed by atoms with Crippen molar-refractivity contribution in [1.29, 1.82) is 0 Å². The van der Waals surface area contributed by atoms with Gasteiger partial charge in [0.2, 0.25) is 10.0 Å². The largest absolute Gasteiger partial charge is 0.396 e. The van der Waals surface area contributed by atoms with E-state index in [9.17, 15) is 12.8 Å². The van der Waals surface area contributed by atoms with Crippen molar-refractivity contribution in [1.82, 2.24) is 4.72 Å². The van der Waals surface area contributed by atoms with E-state index in [0.717, 1.165) is 6.07 Å². The monoisotopic (exact) mass is 261 g/mol. The summed E-state index contributed by atoms with van der Waals surface area (Å²) in [6, 6.07) is 5.22. The van der Waals surface area contributed by atoms with Crippen LogP contribution in [0.15, 0.2) is 29.2 Å². The van der Waals surface area contributed by atoms with E-state index in [1.54, 1.807) is 6.92 Å². The second-order valence-corrected chi connectivity index (χ2v) is 5.64. The number of benzene rings is 1. The summed E-state index contributed by atoms with van der Waals surface area (Å²) >= 11 is 0. The van der Waals surface area contributed by atoms with Gasteiger partial charge in [0.25, 0.3) is 0 Å². The number of nitrogens with one attached hydrogen (secondary N) is 1. The second kappa shape index (κ2) is 6.09. The minimum atomic E-state index is -3.81. The molecule has 0 bridgehead atoms. The molecule has 1 atom stereocenters. The van der Waals surface area contributed by atoms with Crippen LogP contribution in [0, 0.1) is 11.7 Å². The number of sulfonamides is 1. The molecule has 96 valence electrons. The molecular formula is C11H16FNO3S. The summed E-state index contributed by atoms with van der Waals surface area (Å²) < 4.78 is 39.1. The van der Waals surface area contributed by atoms with E-state index in [1.807, 2.05) is 0 Å². The van der Waals surface area contributed by atoms with Crippen molar-refractivity contribution >= 4 is 10.0 Å². The summed E-state index contributed by atoms with van der Waals surface area (Å²) in [6.07, 6.45) is 0.500. The number of hydrogen-bond acceptors (Lipinski definition) is 3. The van der Waals surface area contributed by atoms with E-state index in [-0.39, 0.29) is 24.0 Å². The third-order valence-electron chi connectivity index (χ3n) is 2.37. The van der Waals surface area contributed by atoms with Gasteiger partial charge in [0, 0.05) is 13.2 Å². The Hall–Kier alpha value is -0.980. The second-order valence-electron chi connectivity index (χ2n) is 3.90. The standard InChI is InChI=1S/C11H16FNO3S/c1-9(6-7-14)8-13-17(15,16)11-5-3-2-4-10(11)12/h2-5,9,13-14H,6-8H2,1H3/t9-/m1/s1. The zero-order chi connectivity index (χ0) is 12.9. The molecule has 0 saturated carbocycles. The summed E-state index contributed by atoms with van der Waals surface area (Å²) in [5.74, 6) is -0.767. The quantitative estimate of drug-likeness (QED) is 0.806. The summed E-state index contributed by atoms with van der Waals surface area (Å²) in [7, 11) is -3.81. The Morgan fingerprint density at radius 2 is 2.06 bits per heavy atom. The summed E-state index contributed by atoms with van der Waals surface area (Å²) in [6.45, 7) is 1.99. The Bertz CT molecular complexity index is 462. The molecule has 4 nitrogen and oxygen atoms in total. The lowest BCUT2D eigenvalue weighted by atomic mass is 10.1. The van der Waals surface area contributed by atoms with Gasteiger partial charge in [0.15, 0.2) is 0 Å². The predicted molar refractivity (Wildman–Crippen MR) is 62.5 cm³/mol. The van der Waals surface area contributed by atoms with Gasteiger partial charge in [-0.1, -0.05) is 19.1 Å².